The zero-order valence-corrected chi connectivity index (χ0v) is 16.3. The van der Waals surface area contributed by atoms with Gasteiger partial charge < -0.3 is 9.47 Å². The van der Waals surface area contributed by atoms with E-state index in [1.54, 1.807) is 0 Å². The van der Waals surface area contributed by atoms with E-state index >= 15 is 0 Å². The zero-order chi connectivity index (χ0) is 20.3. The lowest BCUT2D eigenvalue weighted by molar-refractivity contribution is -0.110. The van der Waals surface area contributed by atoms with E-state index in [-0.39, 0.29) is 17.6 Å². The second-order valence-corrected chi connectivity index (χ2v) is 7.33. The molecule has 3 heteroatoms. The summed E-state index contributed by atoms with van der Waals surface area (Å²) < 4.78 is 11.7. The van der Waals surface area contributed by atoms with Crippen molar-refractivity contribution in [3.8, 4) is 23.0 Å². The topological polar surface area (TPSA) is 35.5 Å². The summed E-state index contributed by atoms with van der Waals surface area (Å²) in [5.74, 6) is 3.19. The van der Waals surface area contributed by atoms with Gasteiger partial charge in [0.15, 0.2) is 0 Å². The fraction of sp³-hybridized carbons (Fsp3) is 0.0741. The van der Waals surface area contributed by atoms with Crippen molar-refractivity contribution in [1.82, 2.24) is 0 Å². The highest BCUT2D eigenvalue weighted by Gasteiger charge is 2.50. The van der Waals surface area contributed by atoms with Crippen molar-refractivity contribution in [2.45, 2.75) is 11.8 Å². The van der Waals surface area contributed by atoms with Crippen LogP contribution in [0.15, 0.2) is 109 Å². The predicted molar refractivity (Wildman–Crippen MR) is 116 cm³/mol. The van der Waals surface area contributed by atoms with Gasteiger partial charge in [-0.1, -0.05) is 60.7 Å². The fourth-order valence-electron chi connectivity index (χ4n) is 3.69. The van der Waals surface area contributed by atoms with Crippen LogP contribution >= 0.6 is 0 Å². The molecule has 3 nitrogen and oxygen atoms in total. The third kappa shape index (κ3) is 3.83. The zero-order valence-electron chi connectivity index (χ0n) is 16.3. The average Bonchev–Trinajstić information content (AvgIpc) is 3.47. The maximum atomic E-state index is 12.5. The van der Waals surface area contributed by atoms with Gasteiger partial charge in [0.1, 0.15) is 28.8 Å². The molecule has 1 saturated carbocycles. The smallest absolute Gasteiger partial charge is 0.149 e. The molecule has 5 rings (SSSR count). The van der Waals surface area contributed by atoms with E-state index in [1.807, 2.05) is 109 Å². The first-order valence-corrected chi connectivity index (χ1v) is 9.97. The number of para-hydroxylation sites is 2. The minimum absolute atomic E-state index is 0.0864. The third-order valence-electron chi connectivity index (χ3n) is 5.27. The number of ketones is 1. The third-order valence-corrected chi connectivity index (χ3v) is 5.27. The molecular formula is C27H20O3. The molecule has 0 aliphatic heterocycles. The predicted octanol–water partition coefficient (Wildman–Crippen LogP) is 6.72. The van der Waals surface area contributed by atoms with Gasteiger partial charge in [-0.2, -0.15) is 0 Å². The molecule has 4 aromatic rings. The molecule has 0 saturated heterocycles. The van der Waals surface area contributed by atoms with Crippen molar-refractivity contribution < 1.29 is 14.3 Å². The van der Waals surface area contributed by atoms with E-state index in [9.17, 15) is 4.79 Å². The molecule has 0 aromatic heterocycles. The van der Waals surface area contributed by atoms with E-state index in [0.29, 0.717) is 0 Å². The molecule has 0 N–H and O–H groups in total. The number of ether oxygens (including phenoxy) is 2. The molecule has 0 spiro atoms. The Morgan fingerprint density at radius 1 is 0.433 bits per heavy atom. The van der Waals surface area contributed by atoms with Crippen LogP contribution in [0.5, 0.6) is 23.0 Å². The number of rotatable bonds is 6. The lowest BCUT2D eigenvalue weighted by atomic mass is 10.0. The molecule has 2 unspecified atom stereocenters. The van der Waals surface area contributed by atoms with Gasteiger partial charge >= 0.3 is 0 Å². The summed E-state index contributed by atoms with van der Waals surface area (Å²) in [5, 5.41) is 0. The quantitative estimate of drug-likeness (QED) is 0.365. The molecule has 1 aliphatic carbocycles. The van der Waals surface area contributed by atoms with Crippen LogP contribution in [0, 0.1) is 0 Å². The van der Waals surface area contributed by atoms with Gasteiger partial charge in [0.05, 0.1) is 11.8 Å². The second kappa shape index (κ2) is 7.88. The van der Waals surface area contributed by atoms with E-state index in [2.05, 4.69) is 0 Å². The van der Waals surface area contributed by atoms with Crippen LogP contribution in [0.25, 0.3) is 0 Å². The van der Waals surface area contributed by atoms with Crippen LogP contribution < -0.4 is 9.47 Å². The number of benzene rings is 4. The molecule has 0 heterocycles. The van der Waals surface area contributed by atoms with Crippen LogP contribution in [-0.2, 0) is 4.79 Å². The van der Waals surface area contributed by atoms with Gasteiger partial charge in [0, 0.05) is 0 Å². The highest BCUT2D eigenvalue weighted by Crippen LogP contribution is 2.51. The van der Waals surface area contributed by atoms with Crippen molar-refractivity contribution in [3.63, 3.8) is 0 Å². The SMILES string of the molecule is O=C1C(c2ccc(Oc3ccccc3)cc2)C1c1ccc(Oc2ccccc2)cc1. The fourth-order valence-corrected chi connectivity index (χ4v) is 3.69. The molecule has 0 amide bonds. The summed E-state index contributed by atoms with van der Waals surface area (Å²) in [6.07, 6.45) is 0. The lowest BCUT2D eigenvalue weighted by Gasteiger charge is -2.07. The van der Waals surface area contributed by atoms with Crippen molar-refractivity contribution >= 4 is 5.78 Å². The molecule has 4 aromatic carbocycles. The second-order valence-electron chi connectivity index (χ2n) is 7.33. The number of carbonyl (C=O) groups is 1. The molecule has 30 heavy (non-hydrogen) atoms. The maximum absolute atomic E-state index is 12.5. The Kier molecular flexibility index (Phi) is 4.78. The summed E-state index contributed by atoms with van der Waals surface area (Å²) in [4.78, 5) is 12.5. The van der Waals surface area contributed by atoms with Crippen molar-refractivity contribution in [2.75, 3.05) is 0 Å². The minimum Gasteiger partial charge on any atom is -0.457 e. The van der Waals surface area contributed by atoms with E-state index in [0.717, 1.165) is 34.1 Å². The van der Waals surface area contributed by atoms with E-state index in [4.69, 9.17) is 9.47 Å². The highest BCUT2D eigenvalue weighted by molar-refractivity contribution is 6.09. The molecule has 2 atom stereocenters. The van der Waals surface area contributed by atoms with Crippen LogP contribution in [0.4, 0.5) is 0 Å². The Hall–Kier alpha value is -3.85. The first-order chi connectivity index (χ1) is 14.8. The van der Waals surface area contributed by atoms with Gasteiger partial charge in [-0.3, -0.25) is 4.79 Å². The minimum atomic E-state index is -0.0864. The van der Waals surface area contributed by atoms with E-state index in [1.165, 1.54) is 0 Å². The number of hydrogen-bond acceptors (Lipinski definition) is 3. The molecule has 0 bridgehead atoms. The van der Waals surface area contributed by atoms with Crippen LogP contribution in [0.3, 0.4) is 0 Å². The summed E-state index contributed by atoms with van der Waals surface area (Å²) >= 11 is 0. The Morgan fingerprint density at radius 3 is 1.13 bits per heavy atom. The van der Waals surface area contributed by atoms with Crippen LogP contribution in [-0.4, -0.2) is 5.78 Å². The standard InChI is InChI=1S/C27H20O3/c28-27-25(19-11-15-23(16-12-19)29-21-7-3-1-4-8-21)26(27)20-13-17-24(18-14-20)30-22-9-5-2-6-10-22/h1-18,25-26H. The molecule has 1 fully saturated rings. The van der Waals surface area contributed by atoms with Crippen molar-refractivity contribution in [3.05, 3.63) is 120 Å². The van der Waals surface area contributed by atoms with Crippen molar-refractivity contribution in [1.29, 1.82) is 0 Å². The van der Waals surface area contributed by atoms with Gasteiger partial charge in [-0.25, -0.2) is 0 Å². The van der Waals surface area contributed by atoms with Gasteiger partial charge in [-0.05, 0) is 59.7 Å². The molecule has 0 radical (unpaired) electrons. The maximum Gasteiger partial charge on any atom is 0.149 e. The Morgan fingerprint density at radius 2 is 0.767 bits per heavy atom. The van der Waals surface area contributed by atoms with E-state index < -0.39 is 0 Å². The Labute approximate surface area is 175 Å². The first-order valence-electron chi connectivity index (χ1n) is 9.97. The largest absolute Gasteiger partial charge is 0.457 e. The van der Waals surface area contributed by atoms with Gasteiger partial charge in [0.25, 0.3) is 0 Å². The summed E-state index contributed by atoms with van der Waals surface area (Å²) in [7, 11) is 0. The first kappa shape index (κ1) is 18.2. The Bertz CT molecular complexity index is 1040. The number of hydrogen-bond donors (Lipinski definition) is 0. The van der Waals surface area contributed by atoms with Crippen molar-refractivity contribution in [2.24, 2.45) is 0 Å². The Balaban J connectivity index is 1.26. The highest BCUT2D eigenvalue weighted by atomic mass is 16.5. The van der Waals surface area contributed by atoms with Gasteiger partial charge in [-0.15, -0.1) is 0 Å². The van der Waals surface area contributed by atoms with Crippen LogP contribution in [0.1, 0.15) is 23.0 Å². The molecular weight excluding hydrogens is 372 g/mol. The molecule has 146 valence electrons. The molecule has 1 aliphatic rings. The monoisotopic (exact) mass is 392 g/mol. The van der Waals surface area contributed by atoms with Gasteiger partial charge in [0.2, 0.25) is 0 Å². The number of Topliss-reactive ketones (excluding diaryl/α,β-unsaturated/α-hetero) is 1. The average molecular weight is 392 g/mol. The lowest BCUT2D eigenvalue weighted by Crippen LogP contribution is -1.88. The van der Waals surface area contributed by atoms with Crippen LogP contribution in [0.2, 0.25) is 0 Å². The summed E-state index contributed by atoms with van der Waals surface area (Å²) in [5.41, 5.74) is 2.05. The summed E-state index contributed by atoms with van der Waals surface area (Å²) in [6.45, 7) is 0. The summed E-state index contributed by atoms with van der Waals surface area (Å²) in [6, 6.07) is 34.9. The number of carbonyl (C=O) groups excluding carboxylic acids is 1. The normalized spacial score (nSPS) is 17.4.